The number of ether oxygens (including phenoxy) is 1. The molecule has 0 N–H and O–H groups in total. The first-order valence-corrected chi connectivity index (χ1v) is 5.72. The van der Waals surface area contributed by atoms with E-state index in [-0.39, 0.29) is 24.1 Å². The molecule has 0 radical (unpaired) electrons. The zero-order chi connectivity index (χ0) is 12.7. The summed E-state index contributed by atoms with van der Waals surface area (Å²) in [5.74, 6) is -0.380. The number of nitrogens with zero attached hydrogens (tertiary/aromatic N) is 1. The fourth-order valence-electron chi connectivity index (χ4n) is 1.49. The number of carbonyl (C=O) groups is 3. The normalized spacial score (nSPS) is 14.8. The molecule has 0 bridgehead atoms. The van der Waals surface area contributed by atoms with E-state index in [2.05, 4.69) is 0 Å². The van der Waals surface area contributed by atoms with Gasteiger partial charge < -0.3 is 9.53 Å². The maximum atomic E-state index is 11.2. The van der Waals surface area contributed by atoms with Gasteiger partial charge in [0, 0.05) is 25.2 Å². The molecule has 0 aromatic heterocycles. The van der Waals surface area contributed by atoms with E-state index in [0.29, 0.717) is 19.6 Å². The van der Waals surface area contributed by atoms with E-state index in [1.807, 2.05) is 0 Å². The van der Waals surface area contributed by atoms with Crippen LogP contribution in [0.3, 0.4) is 0 Å². The minimum Gasteiger partial charge on any atom is -0.380 e. The Morgan fingerprint density at radius 3 is 2.41 bits per heavy atom. The molecule has 0 spiro atoms. The molecule has 0 fully saturated rings. The number of carbonyl (C=O) groups excluding carboxylic acids is 3. The Morgan fingerprint density at radius 2 is 1.82 bits per heavy atom. The number of rotatable bonds is 8. The first-order valence-electron chi connectivity index (χ1n) is 5.72. The number of unbranched alkanes of at least 4 members (excludes halogenated alkanes) is 1. The summed E-state index contributed by atoms with van der Waals surface area (Å²) in [5.41, 5.74) is 0. The van der Waals surface area contributed by atoms with E-state index in [9.17, 15) is 14.4 Å². The Labute approximate surface area is 100 Å². The van der Waals surface area contributed by atoms with Crippen LogP contribution < -0.4 is 0 Å². The van der Waals surface area contributed by atoms with Crippen LogP contribution in [0, 0.1) is 0 Å². The van der Waals surface area contributed by atoms with Crippen molar-refractivity contribution in [2.24, 2.45) is 0 Å². The molecule has 0 aliphatic carbocycles. The number of imide groups is 1. The summed E-state index contributed by atoms with van der Waals surface area (Å²) in [5, 5.41) is 0. The average Bonchev–Trinajstić information content (AvgIpc) is 2.58. The monoisotopic (exact) mass is 239 g/mol. The van der Waals surface area contributed by atoms with E-state index in [0.717, 1.165) is 17.7 Å². The summed E-state index contributed by atoms with van der Waals surface area (Å²) in [7, 11) is 0. The van der Waals surface area contributed by atoms with Crippen molar-refractivity contribution in [3.05, 3.63) is 12.2 Å². The minimum atomic E-state index is -0.282. The van der Waals surface area contributed by atoms with Gasteiger partial charge in [0.1, 0.15) is 5.78 Å². The van der Waals surface area contributed by atoms with Gasteiger partial charge in [-0.05, 0) is 19.8 Å². The van der Waals surface area contributed by atoms with E-state index in [1.165, 1.54) is 12.2 Å². The van der Waals surface area contributed by atoms with Crippen molar-refractivity contribution >= 4 is 17.6 Å². The van der Waals surface area contributed by atoms with Crippen molar-refractivity contribution in [3.63, 3.8) is 0 Å². The molecule has 0 aromatic rings. The largest absolute Gasteiger partial charge is 0.380 e. The highest BCUT2D eigenvalue weighted by molar-refractivity contribution is 6.12. The SMILES string of the molecule is CC(=O)CCCCOCCN1C(=O)C=CC1=O. The maximum absolute atomic E-state index is 11.2. The van der Waals surface area contributed by atoms with Gasteiger partial charge in [0.15, 0.2) is 0 Å². The molecule has 0 atom stereocenters. The van der Waals surface area contributed by atoms with Crippen LogP contribution in [0.25, 0.3) is 0 Å². The molecule has 0 aromatic carbocycles. The van der Waals surface area contributed by atoms with Crippen LogP contribution in [0.1, 0.15) is 26.2 Å². The van der Waals surface area contributed by atoms with E-state index >= 15 is 0 Å². The van der Waals surface area contributed by atoms with Crippen molar-refractivity contribution in [2.45, 2.75) is 26.2 Å². The molecular weight excluding hydrogens is 222 g/mol. The molecule has 5 heteroatoms. The lowest BCUT2D eigenvalue weighted by atomic mass is 10.2. The van der Waals surface area contributed by atoms with Gasteiger partial charge in [-0.1, -0.05) is 0 Å². The highest BCUT2D eigenvalue weighted by Crippen LogP contribution is 2.03. The summed E-state index contributed by atoms with van der Waals surface area (Å²) in [6, 6.07) is 0. The minimum absolute atomic E-state index is 0.185. The smallest absolute Gasteiger partial charge is 0.253 e. The molecular formula is C12H17NO4. The van der Waals surface area contributed by atoms with Crippen LogP contribution in [0.4, 0.5) is 0 Å². The van der Waals surface area contributed by atoms with Crippen molar-refractivity contribution < 1.29 is 19.1 Å². The van der Waals surface area contributed by atoms with Gasteiger partial charge in [0.2, 0.25) is 0 Å². The Morgan fingerprint density at radius 1 is 1.18 bits per heavy atom. The van der Waals surface area contributed by atoms with Gasteiger partial charge in [0.25, 0.3) is 11.8 Å². The van der Waals surface area contributed by atoms with Crippen molar-refractivity contribution in [1.29, 1.82) is 0 Å². The Hall–Kier alpha value is -1.49. The highest BCUT2D eigenvalue weighted by atomic mass is 16.5. The van der Waals surface area contributed by atoms with Crippen molar-refractivity contribution in [3.8, 4) is 0 Å². The van der Waals surface area contributed by atoms with Gasteiger partial charge in [-0.15, -0.1) is 0 Å². The molecule has 1 aliphatic rings. The van der Waals surface area contributed by atoms with Gasteiger partial charge in [0.05, 0.1) is 13.2 Å². The lowest BCUT2D eigenvalue weighted by molar-refractivity contribution is -0.137. The molecule has 0 saturated heterocycles. The third kappa shape index (κ3) is 4.91. The Bertz CT molecular complexity index is 317. The molecule has 94 valence electrons. The quantitative estimate of drug-likeness (QED) is 0.461. The van der Waals surface area contributed by atoms with Crippen LogP contribution in [0.5, 0.6) is 0 Å². The van der Waals surface area contributed by atoms with Crippen molar-refractivity contribution in [1.82, 2.24) is 4.90 Å². The van der Waals surface area contributed by atoms with Gasteiger partial charge in [-0.25, -0.2) is 0 Å². The highest BCUT2D eigenvalue weighted by Gasteiger charge is 2.22. The van der Waals surface area contributed by atoms with Crippen LogP contribution in [-0.2, 0) is 19.1 Å². The standard InChI is InChI=1S/C12H17NO4/c1-10(14)4-2-3-8-17-9-7-13-11(15)5-6-12(13)16/h5-6H,2-4,7-9H2,1H3. The number of ketones is 1. The molecule has 1 aliphatic heterocycles. The third-order valence-electron chi connectivity index (χ3n) is 2.43. The molecule has 5 nitrogen and oxygen atoms in total. The number of Topliss-reactive ketones (excluding diaryl/α,β-unsaturated/α-hetero) is 1. The predicted molar refractivity (Wildman–Crippen MR) is 61.2 cm³/mol. The van der Waals surface area contributed by atoms with Gasteiger partial charge in [-0.3, -0.25) is 14.5 Å². The zero-order valence-corrected chi connectivity index (χ0v) is 9.98. The average molecular weight is 239 g/mol. The topological polar surface area (TPSA) is 63.7 Å². The molecule has 0 unspecified atom stereocenters. The summed E-state index contributed by atoms with van der Waals surface area (Å²) in [4.78, 5) is 34.1. The summed E-state index contributed by atoms with van der Waals surface area (Å²) in [6.07, 6.45) is 4.74. The van der Waals surface area contributed by atoms with Crippen LogP contribution in [0.15, 0.2) is 12.2 Å². The Kier molecular flexibility index (Phi) is 5.56. The van der Waals surface area contributed by atoms with Crippen LogP contribution in [0.2, 0.25) is 0 Å². The zero-order valence-electron chi connectivity index (χ0n) is 9.98. The number of amides is 2. The van der Waals surface area contributed by atoms with Crippen LogP contribution >= 0.6 is 0 Å². The first kappa shape index (κ1) is 13.6. The lowest BCUT2D eigenvalue weighted by Crippen LogP contribution is -2.33. The van der Waals surface area contributed by atoms with Crippen molar-refractivity contribution in [2.75, 3.05) is 19.8 Å². The second kappa shape index (κ2) is 6.96. The van der Waals surface area contributed by atoms with E-state index in [1.54, 1.807) is 6.92 Å². The van der Waals surface area contributed by atoms with Gasteiger partial charge >= 0.3 is 0 Å². The molecule has 17 heavy (non-hydrogen) atoms. The van der Waals surface area contributed by atoms with E-state index < -0.39 is 0 Å². The lowest BCUT2D eigenvalue weighted by Gasteiger charge is -2.13. The fourth-order valence-corrected chi connectivity index (χ4v) is 1.49. The van der Waals surface area contributed by atoms with Crippen LogP contribution in [-0.4, -0.2) is 42.3 Å². The Balaban J connectivity index is 1.99. The molecule has 2 amide bonds. The summed E-state index contributed by atoms with van der Waals surface area (Å²) >= 11 is 0. The molecule has 1 rings (SSSR count). The number of hydrogen-bond acceptors (Lipinski definition) is 4. The second-order valence-electron chi connectivity index (χ2n) is 3.93. The molecule has 1 heterocycles. The number of hydrogen-bond donors (Lipinski definition) is 0. The maximum Gasteiger partial charge on any atom is 0.253 e. The third-order valence-corrected chi connectivity index (χ3v) is 2.43. The predicted octanol–water partition coefficient (Wildman–Crippen LogP) is 0.687. The summed E-state index contributed by atoms with van der Waals surface area (Å²) < 4.78 is 5.29. The fraction of sp³-hybridized carbons (Fsp3) is 0.583. The second-order valence-corrected chi connectivity index (χ2v) is 3.93. The summed E-state index contributed by atoms with van der Waals surface area (Å²) in [6.45, 7) is 2.76. The molecule has 0 saturated carbocycles. The van der Waals surface area contributed by atoms with E-state index in [4.69, 9.17) is 4.74 Å². The van der Waals surface area contributed by atoms with Gasteiger partial charge in [-0.2, -0.15) is 0 Å². The first-order chi connectivity index (χ1) is 8.11.